The monoisotopic (exact) mass is 457 g/mol. The summed E-state index contributed by atoms with van der Waals surface area (Å²) in [5.41, 5.74) is 6.01. The van der Waals surface area contributed by atoms with E-state index >= 15 is 0 Å². The maximum atomic E-state index is 13.9. The number of nitrogens with one attached hydrogen (secondary N) is 1. The second kappa shape index (κ2) is 10.1. The molecular formula is C28H31N3O3. The van der Waals surface area contributed by atoms with Crippen molar-refractivity contribution in [2.45, 2.75) is 39.3 Å². The summed E-state index contributed by atoms with van der Waals surface area (Å²) in [6.07, 6.45) is 0.568. The van der Waals surface area contributed by atoms with Crippen molar-refractivity contribution in [1.29, 1.82) is 0 Å². The number of rotatable bonds is 8. The predicted octanol–water partition coefficient (Wildman–Crippen LogP) is 3.92. The summed E-state index contributed by atoms with van der Waals surface area (Å²) in [5, 5.41) is 12.0. The topological polar surface area (TPSA) is 76.3 Å². The summed E-state index contributed by atoms with van der Waals surface area (Å²) in [4.78, 5) is 25.8. The number of hydrogen-bond acceptors (Lipinski definition) is 3. The van der Waals surface area contributed by atoms with Crippen LogP contribution in [0.4, 0.5) is 0 Å². The molecule has 176 valence electrons. The van der Waals surface area contributed by atoms with Crippen LogP contribution in [0.3, 0.4) is 0 Å². The molecule has 0 aliphatic rings. The van der Waals surface area contributed by atoms with Crippen LogP contribution in [0, 0.1) is 13.8 Å². The molecule has 0 fully saturated rings. The number of carbonyl (C=O) groups is 1. The van der Waals surface area contributed by atoms with E-state index in [-0.39, 0.29) is 24.3 Å². The molecule has 34 heavy (non-hydrogen) atoms. The molecule has 1 aromatic heterocycles. The van der Waals surface area contributed by atoms with E-state index in [9.17, 15) is 14.7 Å². The van der Waals surface area contributed by atoms with Crippen LogP contribution in [0.15, 0.2) is 77.6 Å². The third-order valence-corrected chi connectivity index (χ3v) is 6.40. The zero-order valence-corrected chi connectivity index (χ0v) is 19.9. The Kier molecular flexibility index (Phi) is 6.98. The van der Waals surface area contributed by atoms with Gasteiger partial charge in [-0.05, 0) is 50.5 Å². The molecule has 6 heteroatoms. The molecule has 2 N–H and O–H groups in total. The molecule has 1 heterocycles. The molecule has 3 aromatic carbocycles. The Balaban J connectivity index is 1.82. The lowest BCUT2D eigenvalue weighted by atomic mass is 10.0. The lowest BCUT2D eigenvalue weighted by Crippen LogP contribution is -2.38. The minimum Gasteiger partial charge on any atom is -0.387 e. The van der Waals surface area contributed by atoms with Crippen molar-refractivity contribution >= 4 is 16.9 Å². The first-order valence-electron chi connectivity index (χ1n) is 11.6. The molecular weight excluding hydrogens is 426 g/mol. The van der Waals surface area contributed by atoms with Gasteiger partial charge in [0, 0.05) is 6.54 Å². The molecule has 2 atom stereocenters. The number of aromatic nitrogens is 2. The van der Waals surface area contributed by atoms with Gasteiger partial charge in [0.15, 0.2) is 0 Å². The third-order valence-electron chi connectivity index (χ3n) is 6.40. The van der Waals surface area contributed by atoms with Crippen LogP contribution in [0.5, 0.6) is 0 Å². The molecule has 4 rings (SSSR count). The van der Waals surface area contributed by atoms with E-state index in [0.29, 0.717) is 6.42 Å². The highest BCUT2D eigenvalue weighted by molar-refractivity contribution is 5.78. The Hall–Kier alpha value is -3.64. The molecule has 0 radical (unpaired) electrons. The van der Waals surface area contributed by atoms with Crippen LogP contribution >= 0.6 is 0 Å². The van der Waals surface area contributed by atoms with Crippen molar-refractivity contribution in [2.24, 2.45) is 0 Å². The maximum Gasteiger partial charge on any atom is 0.330 e. The van der Waals surface area contributed by atoms with Crippen LogP contribution < -0.4 is 11.0 Å². The van der Waals surface area contributed by atoms with Gasteiger partial charge in [-0.1, -0.05) is 71.8 Å². The van der Waals surface area contributed by atoms with Crippen molar-refractivity contribution in [3.05, 3.63) is 106 Å². The number of carbonyl (C=O) groups excluding carboxylic acids is 1. The molecule has 0 aliphatic carbocycles. The van der Waals surface area contributed by atoms with Crippen LogP contribution in [0.25, 0.3) is 11.0 Å². The van der Waals surface area contributed by atoms with Gasteiger partial charge in [0.25, 0.3) is 0 Å². The number of fused-ring (bicyclic) bond motifs is 1. The predicted molar refractivity (Wildman–Crippen MR) is 135 cm³/mol. The molecule has 0 bridgehead atoms. The highest BCUT2D eigenvalue weighted by atomic mass is 16.3. The maximum absolute atomic E-state index is 13.9. The smallest absolute Gasteiger partial charge is 0.330 e. The number of amides is 1. The number of aryl methyl sites for hydroxylation is 2. The molecule has 1 amide bonds. The van der Waals surface area contributed by atoms with Crippen molar-refractivity contribution in [1.82, 2.24) is 14.5 Å². The fourth-order valence-electron chi connectivity index (χ4n) is 4.45. The molecule has 0 aliphatic heterocycles. The van der Waals surface area contributed by atoms with Gasteiger partial charge in [-0.15, -0.1) is 0 Å². The van der Waals surface area contributed by atoms with Crippen LogP contribution in [-0.4, -0.2) is 33.3 Å². The number of aliphatic hydroxyl groups excluding tert-OH is 1. The summed E-state index contributed by atoms with van der Waals surface area (Å²) in [6.45, 7) is 5.76. The zero-order valence-electron chi connectivity index (χ0n) is 19.9. The van der Waals surface area contributed by atoms with E-state index < -0.39 is 12.5 Å². The van der Waals surface area contributed by atoms with E-state index in [1.165, 1.54) is 5.56 Å². The van der Waals surface area contributed by atoms with E-state index in [2.05, 4.69) is 41.7 Å². The Morgan fingerprint density at radius 3 is 2.03 bits per heavy atom. The molecule has 1 unspecified atom stereocenters. The van der Waals surface area contributed by atoms with Gasteiger partial charge >= 0.3 is 5.69 Å². The van der Waals surface area contributed by atoms with Crippen LogP contribution in [0.2, 0.25) is 0 Å². The average molecular weight is 458 g/mol. The first-order valence-corrected chi connectivity index (χ1v) is 11.6. The molecule has 0 spiro atoms. The Morgan fingerprint density at radius 2 is 1.44 bits per heavy atom. The van der Waals surface area contributed by atoms with Crippen LogP contribution in [-0.2, 0) is 11.2 Å². The van der Waals surface area contributed by atoms with Crippen molar-refractivity contribution in [2.75, 3.05) is 13.2 Å². The lowest BCUT2D eigenvalue weighted by molar-refractivity contribution is -0.123. The minimum absolute atomic E-state index is 0.121. The lowest BCUT2D eigenvalue weighted by Gasteiger charge is -2.20. The molecule has 0 saturated carbocycles. The quantitative estimate of drug-likeness (QED) is 0.421. The minimum atomic E-state index is -0.585. The standard InChI is InChI=1S/C28H31N3O3/c1-19-8-12-22(13-9-19)16-24(17-29-27(33)18-32)31-26-7-5-4-6-25(26)30(28(31)34)21(3)23-14-10-20(2)11-15-23/h4-15,21,24,32H,16-18H2,1-3H3,(H,29,33)/t21-,24?/m0/s1. The summed E-state index contributed by atoms with van der Waals surface area (Å²) in [5.74, 6) is -0.460. The summed E-state index contributed by atoms with van der Waals surface area (Å²) in [6, 6.07) is 23.7. The number of para-hydroxylation sites is 2. The number of nitrogens with zero attached hydrogens (tertiary/aromatic N) is 2. The van der Waals surface area contributed by atoms with E-state index in [4.69, 9.17) is 0 Å². The van der Waals surface area contributed by atoms with Crippen LogP contribution in [0.1, 0.15) is 41.3 Å². The average Bonchev–Trinajstić information content (AvgIpc) is 3.14. The SMILES string of the molecule is Cc1ccc(CC(CNC(=O)CO)n2c(=O)n([C@@H](C)c3ccc(C)cc3)c3ccccc32)cc1. The first kappa shape index (κ1) is 23.5. The number of aliphatic hydroxyl groups is 1. The Labute approximate surface area is 199 Å². The number of hydrogen-bond donors (Lipinski definition) is 2. The van der Waals surface area contributed by atoms with Gasteiger partial charge in [-0.25, -0.2) is 4.79 Å². The van der Waals surface area contributed by atoms with Gasteiger partial charge < -0.3 is 10.4 Å². The van der Waals surface area contributed by atoms with Gasteiger partial charge in [-0.3, -0.25) is 13.9 Å². The third kappa shape index (κ3) is 4.82. The van der Waals surface area contributed by atoms with Gasteiger partial charge in [0.2, 0.25) is 5.91 Å². The molecule has 6 nitrogen and oxygen atoms in total. The normalized spacial score (nSPS) is 13.1. The van der Waals surface area contributed by atoms with Crippen molar-refractivity contribution in [3.8, 4) is 0 Å². The second-order valence-electron chi connectivity index (χ2n) is 8.90. The molecule has 0 saturated heterocycles. The summed E-state index contributed by atoms with van der Waals surface area (Å²) in [7, 11) is 0. The Morgan fingerprint density at radius 1 is 0.882 bits per heavy atom. The van der Waals surface area contributed by atoms with Gasteiger partial charge in [0.1, 0.15) is 6.61 Å². The van der Waals surface area contributed by atoms with E-state index in [1.54, 1.807) is 4.57 Å². The van der Waals surface area contributed by atoms with Gasteiger partial charge in [-0.2, -0.15) is 0 Å². The number of benzene rings is 3. The molecule has 4 aromatic rings. The van der Waals surface area contributed by atoms with Gasteiger partial charge in [0.05, 0.1) is 23.1 Å². The number of imidazole rings is 1. The zero-order chi connectivity index (χ0) is 24.2. The fraction of sp³-hybridized carbons (Fsp3) is 0.286. The van der Waals surface area contributed by atoms with E-state index in [1.807, 2.05) is 61.7 Å². The summed E-state index contributed by atoms with van der Waals surface area (Å²) >= 11 is 0. The Bertz CT molecular complexity index is 1330. The largest absolute Gasteiger partial charge is 0.387 e. The fourth-order valence-corrected chi connectivity index (χ4v) is 4.45. The first-order chi connectivity index (χ1) is 16.4. The highest BCUT2D eigenvalue weighted by Crippen LogP contribution is 2.26. The second-order valence-corrected chi connectivity index (χ2v) is 8.90. The van der Waals surface area contributed by atoms with E-state index in [0.717, 1.165) is 27.7 Å². The highest BCUT2D eigenvalue weighted by Gasteiger charge is 2.24. The van der Waals surface area contributed by atoms with Crippen molar-refractivity contribution in [3.63, 3.8) is 0 Å². The van der Waals surface area contributed by atoms with Crippen molar-refractivity contribution < 1.29 is 9.90 Å². The summed E-state index contributed by atoms with van der Waals surface area (Å²) < 4.78 is 3.62.